The number of nitrogens with one attached hydrogen (secondary N) is 2. The Kier molecular flexibility index (Phi) is 2.71. The number of H-pyrrole nitrogens is 1. The molecule has 0 fully saturated rings. The first-order valence-electron chi connectivity index (χ1n) is 5.54. The van der Waals surface area contributed by atoms with E-state index in [2.05, 4.69) is 25.8 Å². The Bertz CT molecular complexity index is 643. The Balaban J connectivity index is 2.18. The lowest BCUT2D eigenvalue weighted by Crippen LogP contribution is -2.29. The largest absolute Gasteiger partial charge is 0.271 e. The fourth-order valence-corrected chi connectivity index (χ4v) is 2.05. The lowest BCUT2D eigenvalue weighted by atomic mass is 10.0. The normalized spacial score (nSPS) is 12.7. The highest BCUT2D eigenvalue weighted by molar-refractivity contribution is 5.85. The molecule has 90 valence electrons. The first-order chi connectivity index (χ1) is 8.90. The molecule has 0 aliphatic heterocycles. The van der Waals surface area contributed by atoms with Gasteiger partial charge in [0.25, 0.3) is 0 Å². The van der Waals surface area contributed by atoms with Gasteiger partial charge in [0.05, 0.1) is 12.2 Å². The third-order valence-electron chi connectivity index (χ3n) is 2.91. The molecule has 6 heteroatoms. The SMILES string of the molecule is NNC(c1cn[nH]n1)c1cncc2ccccc12. The minimum atomic E-state index is -0.234. The summed E-state index contributed by atoms with van der Waals surface area (Å²) in [5.41, 5.74) is 4.46. The minimum absolute atomic E-state index is 0.234. The van der Waals surface area contributed by atoms with E-state index in [1.807, 2.05) is 30.5 Å². The van der Waals surface area contributed by atoms with Crippen LogP contribution in [-0.2, 0) is 0 Å². The molecule has 1 atom stereocenters. The van der Waals surface area contributed by atoms with Crippen LogP contribution >= 0.6 is 0 Å². The first-order valence-corrected chi connectivity index (χ1v) is 5.54. The number of pyridine rings is 1. The first kappa shape index (κ1) is 10.8. The smallest absolute Gasteiger partial charge is 0.105 e. The number of hydrogen-bond donors (Lipinski definition) is 3. The number of hydrogen-bond acceptors (Lipinski definition) is 5. The van der Waals surface area contributed by atoms with Gasteiger partial charge < -0.3 is 0 Å². The molecule has 0 aliphatic rings. The second-order valence-corrected chi connectivity index (χ2v) is 3.94. The van der Waals surface area contributed by atoms with E-state index in [0.29, 0.717) is 0 Å². The van der Waals surface area contributed by atoms with E-state index >= 15 is 0 Å². The van der Waals surface area contributed by atoms with Crippen molar-refractivity contribution in [1.29, 1.82) is 0 Å². The zero-order valence-corrected chi connectivity index (χ0v) is 9.54. The predicted octanol–water partition coefficient (Wildman–Crippen LogP) is 0.906. The fourth-order valence-electron chi connectivity index (χ4n) is 2.05. The number of nitrogens with two attached hydrogens (primary N) is 1. The van der Waals surface area contributed by atoms with E-state index in [1.54, 1.807) is 12.4 Å². The van der Waals surface area contributed by atoms with Crippen LogP contribution < -0.4 is 11.3 Å². The Morgan fingerprint density at radius 1 is 1.17 bits per heavy atom. The van der Waals surface area contributed by atoms with Gasteiger partial charge in [-0.05, 0) is 5.39 Å². The van der Waals surface area contributed by atoms with Gasteiger partial charge in [0.2, 0.25) is 0 Å². The average Bonchev–Trinajstić information content (AvgIpc) is 2.94. The van der Waals surface area contributed by atoms with Crippen LogP contribution in [-0.4, -0.2) is 20.4 Å². The van der Waals surface area contributed by atoms with Crippen molar-refractivity contribution in [2.24, 2.45) is 5.84 Å². The molecule has 2 heterocycles. The highest BCUT2D eigenvalue weighted by Gasteiger charge is 2.17. The molecule has 3 aromatic rings. The van der Waals surface area contributed by atoms with Crippen molar-refractivity contribution in [2.45, 2.75) is 6.04 Å². The molecular formula is C12H12N6. The predicted molar refractivity (Wildman–Crippen MR) is 67.3 cm³/mol. The van der Waals surface area contributed by atoms with Crippen LogP contribution in [0.25, 0.3) is 10.8 Å². The topological polar surface area (TPSA) is 92.5 Å². The molecule has 2 aromatic heterocycles. The molecular weight excluding hydrogens is 228 g/mol. The number of aromatic nitrogens is 4. The molecule has 18 heavy (non-hydrogen) atoms. The second kappa shape index (κ2) is 4.52. The van der Waals surface area contributed by atoms with Crippen LogP contribution in [0.2, 0.25) is 0 Å². The van der Waals surface area contributed by atoms with Gasteiger partial charge >= 0.3 is 0 Å². The molecule has 1 unspecified atom stereocenters. The molecule has 0 spiro atoms. The van der Waals surface area contributed by atoms with Crippen molar-refractivity contribution >= 4 is 10.8 Å². The Hall–Kier alpha value is -2.31. The lowest BCUT2D eigenvalue weighted by molar-refractivity contribution is 0.620. The van der Waals surface area contributed by atoms with Crippen LogP contribution in [0, 0.1) is 0 Å². The summed E-state index contributed by atoms with van der Waals surface area (Å²) in [5, 5.41) is 12.6. The van der Waals surface area contributed by atoms with Gasteiger partial charge in [-0.2, -0.15) is 15.4 Å². The molecule has 4 N–H and O–H groups in total. The number of benzene rings is 1. The monoisotopic (exact) mass is 240 g/mol. The molecule has 6 nitrogen and oxygen atoms in total. The van der Waals surface area contributed by atoms with Crippen LogP contribution in [0.4, 0.5) is 0 Å². The van der Waals surface area contributed by atoms with Crippen molar-refractivity contribution in [2.75, 3.05) is 0 Å². The molecule has 0 saturated heterocycles. The van der Waals surface area contributed by atoms with Gasteiger partial charge in [-0.3, -0.25) is 10.8 Å². The highest BCUT2D eigenvalue weighted by Crippen LogP contribution is 2.25. The van der Waals surface area contributed by atoms with Crippen LogP contribution in [0.3, 0.4) is 0 Å². The van der Waals surface area contributed by atoms with E-state index in [0.717, 1.165) is 22.0 Å². The molecule has 0 bridgehead atoms. The zero-order valence-electron chi connectivity index (χ0n) is 9.54. The molecule has 1 aromatic carbocycles. The number of hydrazine groups is 1. The summed E-state index contributed by atoms with van der Waals surface area (Å²) in [4.78, 5) is 4.24. The Labute approximate surface area is 103 Å². The number of fused-ring (bicyclic) bond motifs is 1. The van der Waals surface area contributed by atoms with E-state index in [9.17, 15) is 0 Å². The Morgan fingerprint density at radius 3 is 2.83 bits per heavy atom. The zero-order chi connectivity index (χ0) is 12.4. The van der Waals surface area contributed by atoms with E-state index in [-0.39, 0.29) is 6.04 Å². The molecule has 3 rings (SSSR count). The lowest BCUT2D eigenvalue weighted by Gasteiger charge is -2.15. The van der Waals surface area contributed by atoms with Crippen molar-refractivity contribution in [3.05, 3.63) is 54.1 Å². The standard InChI is InChI=1S/C12H12N6/c13-16-12(11-7-15-18-17-11)10-6-14-5-8-3-1-2-4-9(8)10/h1-7,12,16H,13H2,(H,15,17,18). The number of aromatic amines is 1. The summed E-state index contributed by atoms with van der Waals surface area (Å²) >= 11 is 0. The molecule has 0 saturated carbocycles. The maximum atomic E-state index is 5.63. The van der Waals surface area contributed by atoms with Crippen molar-refractivity contribution in [1.82, 2.24) is 25.8 Å². The highest BCUT2D eigenvalue weighted by atomic mass is 15.3. The molecule has 0 amide bonds. The average molecular weight is 240 g/mol. The summed E-state index contributed by atoms with van der Waals surface area (Å²) in [6.07, 6.45) is 5.27. The van der Waals surface area contributed by atoms with E-state index < -0.39 is 0 Å². The summed E-state index contributed by atoms with van der Waals surface area (Å²) in [5.74, 6) is 5.63. The van der Waals surface area contributed by atoms with Gasteiger partial charge in [0.1, 0.15) is 5.69 Å². The number of rotatable bonds is 3. The number of nitrogens with zero attached hydrogens (tertiary/aromatic N) is 3. The quantitative estimate of drug-likeness (QED) is 0.467. The fraction of sp³-hybridized carbons (Fsp3) is 0.0833. The summed E-state index contributed by atoms with van der Waals surface area (Å²) < 4.78 is 0. The summed E-state index contributed by atoms with van der Waals surface area (Å²) in [6.45, 7) is 0. The van der Waals surface area contributed by atoms with E-state index in [1.165, 1.54) is 0 Å². The summed E-state index contributed by atoms with van der Waals surface area (Å²) in [6, 6.07) is 7.79. The summed E-state index contributed by atoms with van der Waals surface area (Å²) in [7, 11) is 0. The van der Waals surface area contributed by atoms with Crippen molar-refractivity contribution in [3.63, 3.8) is 0 Å². The molecule has 0 radical (unpaired) electrons. The maximum absolute atomic E-state index is 5.63. The van der Waals surface area contributed by atoms with Gasteiger partial charge in [0.15, 0.2) is 0 Å². The van der Waals surface area contributed by atoms with Crippen molar-refractivity contribution < 1.29 is 0 Å². The van der Waals surface area contributed by atoms with Gasteiger partial charge in [-0.15, -0.1) is 0 Å². The third kappa shape index (κ3) is 1.73. The van der Waals surface area contributed by atoms with Crippen LogP contribution in [0.1, 0.15) is 17.3 Å². The van der Waals surface area contributed by atoms with Crippen LogP contribution in [0.15, 0.2) is 42.9 Å². The van der Waals surface area contributed by atoms with Gasteiger partial charge in [0, 0.05) is 23.3 Å². The minimum Gasteiger partial charge on any atom is -0.271 e. The third-order valence-corrected chi connectivity index (χ3v) is 2.91. The maximum Gasteiger partial charge on any atom is 0.105 e. The van der Waals surface area contributed by atoms with Crippen molar-refractivity contribution in [3.8, 4) is 0 Å². The van der Waals surface area contributed by atoms with Crippen LogP contribution in [0.5, 0.6) is 0 Å². The van der Waals surface area contributed by atoms with Gasteiger partial charge in [-0.25, -0.2) is 5.43 Å². The molecule has 0 aliphatic carbocycles. The van der Waals surface area contributed by atoms with E-state index in [4.69, 9.17) is 5.84 Å². The second-order valence-electron chi connectivity index (χ2n) is 3.94. The Morgan fingerprint density at radius 2 is 2.06 bits per heavy atom. The van der Waals surface area contributed by atoms with Gasteiger partial charge in [-0.1, -0.05) is 24.3 Å².